The molecule has 8 heteroatoms. The summed E-state index contributed by atoms with van der Waals surface area (Å²) in [5.41, 5.74) is 3.22. The second-order valence-corrected chi connectivity index (χ2v) is 6.89. The zero-order chi connectivity index (χ0) is 20.2. The minimum absolute atomic E-state index is 0. The monoisotopic (exact) mass is 421 g/mol. The highest BCUT2D eigenvalue weighted by Crippen LogP contribution is 2.19. The molecule has 1 aromatic heterocycles. The maximum absolute atomic E-state index is 12.7. The first-order valence-corrected chi connectivity index (χ1v) is 9.25. The molecule has 0 aliphatic carbocycles. The second-order valence-electron chi connectivity index (χ2n) is 6.89. The molecular weight excluding hydrogens is 402 g/mol. The predicted molar refractivity (Wildman–Crippen MR) is 114 cm³/mol. The molecule has 0 atom stereocenters. The van der Waals surface area contributed by atoms with Gasteiger partial charge in [-0.3, -0.25) is 9.59 Å². The standard InChI is InChI=1S/C22H19N5O2.ClH/c23-10-17-6-8-18(9-7-17)12-26-16-24-11-20(26)13-25-14-22(29)27(15-21(25)28)19-4-2-1-3-5-19;/h1-9,11,16H,12-15H2;1H. The molecular formula is C22H20ClN5O2. The summed E-state index contributed by atoms with van der Waals surface area (Å²) in [5, 5.41) is 8.92. The summed E-state index contributed by atoms with van der Waals surface area (Å²) in [6, 6.07) is 18.7. The number of amides is 2. The van der Waals surface area contributed by atoms with E-state index < -0.39 is 0 Å². The molecule has 2 aromatic carbocycles. The smallest absolute Gasteiger partial charge is 0.247 e. The molecule has 1 aliphatic heterocycles. The van der Waals surface area contributed by atoms with E-state index in [-0.39, 0.29) is 37.3 Å². The number of carbonyl (C=O) groups excluding carboxylic acids is 2. The van der Waals surface area contributed by atoms with Crippen LogP contribution in [0.1, 0.15) is 16.8 Å². The molecule has 1 aliphatic rings. The van der Waals surface area contributed by atoms with Crippen LogP contribution in [0.2, 0.25) is 0 Å². The van der Waals surface area contributed by atoms with Gasteiger partial charge in [0.2, 0.25) is 11.8 Å². The number of benzene rings is 2. The number of aromatic nitrogens is 2. The van der Waals surface area contributed by atoms with Crippen molar-refractivity contribution in [2.24, 2.45) is 0 Å². The molecule has 0 radical (unpaired) electrons. The van der Waals surface area contributed by atoms with Gasteiger partial charge in [0, 0.05) is 18.4 Å². The van der Waals surface area contributed by atoms with E-state index in [0.29, 0.717) is 18.7 Å². The normalized spacial score (nSPS) is 13.7. The molecule has 4 rings (SSSR count). The van der Waals surface area contributed by atoms with E-state index in [1.165, 1.54) is 4.90 Å². The molecule has 0 N–H and O–H groups in total. The van der Waals surface area contributed by atoms with Crippen LogP contribution < -0.4 is 4.90 Å². The molecule has 30 heavy (non-hydrogen) atoms. The molecule has 1 saturated heterocycles. The lowest BCUT2D eigenvalue weighted by Gasteiger charge is -2.34. The Morgan fingerprint density at radius 2 is 1.67 bits per heavy atom. The molecule has 0 saturated carbocycles. The van der Waals surface area contributed by atoms with E-state index in [9.17, 15) is 9.59 Å². The number of carbonyl (C=O) groups is 2. The Morgan fingerprint density at radius 3 is 2.37 bits per heavy atom. The Hall–Kier alpha value is -3.63. The molecule has 0 bridgehead atoms. The van der Waals surface area contributed by atoms with Crippen LogP contribution in [0.3, 0.4) is 0 Å². The van der Waals surface area contributed by atoms with Crippen LogP contribution in [-0.2, 0) is 22.7 Å². The number of nitrogens with zero attached hydrogens (tertiary/aromatic N) is 5. The number of rotatable bonds is 5. The minimum atomic E-state index is -0.103. The number of halogens is 1. The van der Waals surface area contributed by atoms with E-state index >= 15 is 0 Å². The van der Waals surface area contributed by atoms with Gasteiger partial charge < -0.3 is 14.4 Å². The Balaban J connectivity index is 0.00000256. The maximum atomic E-state index is 12.7. The highest BCUT2D eigenvalue weighted by Gasteiger charge is 2.31. The molecule has 3 aromatic rings. The third-order valence-corrected chi connectivity index (χ3v) is 4.93. The lowest BCUT2D eigenvalue weighted by Crippen LogP contribution is -2.53. The van der Waals surface area contributed by atoms with Crippen LogP contribution in [0.4, 0.5) is 5.69 Å². The van der Waals surface area contributed by atoms with Gasteiger partial charge in [0.25, 0.3) is 0 Å². The van der Waals surface area contributed by atoms with Gasteiger partial charge in [-0.1, -0.05) is 30.3 Å². The molecule has 152 valence electrons. The van der Waals surface area contributed by atoms with E-state index in [1.54, 1.807) is 29.6 Å². The van der Waals surface area contributed by atoms with Gasteiger partial charge in [0.15, 0.2) is 0 Å². The lowest BCUT2D eigenvalue weighted by atomic mass is 10.1. The average Bonchev–Trinajstić information content (AvgIpc) is 3.18. The topological polar surface area (TPSA) is 82.2 Å². The van der Waals surface area contributed by atoms with Crippen molar-refractivity contribution in [2.45, 2.75) is 13.1 Å². The van der Waals surface area contributed by atoms with Gasteiger partial charge in [-0.15, -0.1) is 12.4 Å². The van der Waals surface area contributed by atoms with Crippen LogP contribution in [0.5, 0.6) is 0 Å². The molecule has 0 spiro atoms. The molecule has 1 fully saturated rings. The van der Waals surface area contributed by atoms with Gasteiger partial charge in [-0.25, -0.2) is 4.98 Å². The number of para-hydroxylation sites is 1. The van der Waals surface area contributed by atoms with Gasteiger partial charge in [-0.2, -0.15) is 5.26 Å². The average molecular weight is 422 g/mol. The number of nitriles is 1. The molecule has 2 amide bonds. The highest BCUT2D eigenvalue weighted by molar-refractivity contribution is 6.04. The van der Waals surface area contributed by atoms with Crippen molar-refractivity contribution in [3.8, 4) is 6.07 Å². The highest BCUT2D eigenvalue weighted by atomic mass is 35.5. The van der Waals surface area contributed by atoms with Crippen molar-refractivity contribution in [1.82, 2.24) is 14.5 Å². The van der Waals surface area contributed by atoms with Crippen molar-refractivity contribution < 1.29 is 9.59 Å². The summed E-state index contributed by atoms with van der Waals surface area (Å²) in [7, 11) is 0. The number of imidazole rings is 1. The summed E-state index contributed by atoms with van der Waals surface area (Å²) in [5.74, 6) is -0.200. The first-order chi connectivity index (χ1) is 14.1. The number of piperazine rings is 1. The van der Waals surface area contributed by atoms with Crippen LogP contribution in [0.15, 0.2) is 67.1 Å². The Labute approximate surface area is 180 Å². The van der Waals surface area contributed by atoms with E-state index in [2.05, 4.69) is 11.1 Å². The Bertz CT molecular complexity index is 1070. The van der Waals surface area contributed by atoms with Crippen LogP contribution in [-0.4, -0.2) is 39.4 Å². The van der Waals surface area contributed by atoms with Crippen molar-refractivity contribution in [3.63, 3.8) is 0 Å². The van der Waals surface area contributed by atoms with Crippen molar-refractivity contribution in [2.75, 3.05) is 18.0 Å². The summed E-state index contributed by atoms with van der Waals surface area (Å²) in [6.07, 6.45) is 3.42. The van der Waals surface area contributed by atoms with Gasteiger partial charge in [0.1, 0.15) is 13.1 Å². The SMILES string of the molecule is Cl.N#Cc1ccc(Cn2cncc2CN2CC(=O)N(c3ccccc3)CC2=O)cc1. The first kappa shape index (κ1) is 21.1. The summed E-state index contributed by atoms with van der Waals surface area (Å²) in [6.45, 7) is 0.971. The van der Waals surface area contributed by atoms with Gasteiger partial charge in [0.05, 0.1) is 30.2 Å². The van der Waals surface area contributed by atoms with Crippen molar-refractivity contribution >= 4 is 29.9 Å². The van der Waals surface area contributed by atoms with Crippen LogP contribution in [0.25, 0.3) is 0 Å². The Kier molecular flexibility index (Phi) is 6.50. The van der Waals surface area contributed by atoms with E-state index in [4.69, 9.17) is 5.26 Å². The van der Waals surface area contributed by atoms with E-state index in [0.717, 1.165) is 16.9 Å². The second kappa shape index (κ2) is 9.25. The van der Waals surface area contributed by atoms with Gasteiger partial charge >= 0.3 is 0 Å². The number of hydrogen-bond donors (Lipinski definition) is 0. The van der Waals surface area contributed by atoms with Gasteiger partial charge in [-0.05, 0) is 29.8 Å². The summed E-state index contributed by atoms with van der Waals surface area (Å²) in [4.78, 5) is 32.5. The number of anilines is 1. The minimum Gasteiger partial charge on any atom is -0.329 e. The zero-order valence-electron chi connectivity index (χ0n) is 16.1. The maximum Gasteiger partial charge on any atom is 0.247 e. The third-order valence-electron chi connectivity index (χ3n) is 4.93. The fraction of sp³-hybridized carbons (Fsp3) is 0.182. The lowest BCUT2D eigenvalue weighted by molar-refractivity contribution is -0.139. The van der Waals surface area contributed by atoms with Crippen molar-refractivity contribution in [1.29, 1.82) is 5.26 Å². The van der Waals surface area contributed by atoms with Crippen LogP contribution >= 0.6 is 12.4 Å². The summed E-state index contributed by atoms with van der Waals surface area (Å²) < 4.78 is 1.95. The zero-order valence-corrected chi connectivity index (χ0v) is 17.0. The predicted octanol–water partition coefficient (Wildman–Crippen LogP) is 2.60. The van der Waals surface area contributed by atoms with E-state index in [1.807, 2.05) is 47.0 Å². The third kappa shape index (κ3) is 4.50. The van der Waals surface area contributed by atoms with Crippen LogP contribution in [0, 0.1) is 11.3 Å². The largest absolute Gasteiger partial charge is 0.329 e. The quantitative estimate of drug-likeness (QED) is 0.634. The first-order valence-electron chi connectivity index (χ1n) is 9.25. The van der Waals surface area contributed by atoms with Crippen molar-refractivity contribution in [3.05, 3.63) is 83.9 Å². The molecule has 7 nitrogen and oxygen atoms in total. The molecule has 0 unspecified atom stereocenters. The number of hydrogen-bond acceptors (Lipinski definition) is 4. The summed E-state index contributed by atoms with van der Waals surface area (Å²) >= 11 is 0. The molecule has 2 heterocycles. The Morgan fingerprint density at radius 1 is 0.933 bits per heavy atom. The fourth-order valence-electron chi connectivity index (χ4n) is 3.35. The fourth-order valence-corrected chi connectivity index (χ4v) is 3.35.